The molecule has 0 amide bonds. The van der Waals surface area contributed by atoms with Crippen molar-refractivity contribution in [1.29, 1.82) is 0 Å². The van der Waals surface area contributed by atoms with Gasteiger partial charge in [0.15, 0.2) is 0 Å². The molecular weight excluding hydrogens is 434 g/mol. The van der Waals surface area contributed by atoms with Crippen molar-refractivity contribution in [2.24, 2.45) is 0 Å². The van der Waals surface area contributed by atoms with E-state index in [0.29, 0.717) is 12.2 Å². The van der Waals surface area contributed by atoms with Gasteiger partial charge in [-0.15, -0.1) is 0 Å². The summed E-state index contributed by atoms with van der Waals surface area (Å²) in [6, 6.07) is 11.4. The van der Waals surface area contributed by atoms with Gasteiger partial charge in [0.05, 0.1) is 0 Å². The van der Waals surface area contributed by atoms with E-state index in [2.05, 4.69) is 22.2 Å². The predicted molar refractivity (Wildman–Crippen MR) is 107 cm³/mol. The summed E-state index contributed by atoms with van der Waals surface area (Å²) in [4.78, 5) is 0. The Morgan fingerprint density at radius 1 is 1.07 bits per heavy atom. The summed E-state index contributed by atoms with van der Waals surface area (Å²) in [5.74, 6) is 0. The van der Waals surface area contributed by atoms with E-state index in [1.165, 1.54) is 34.4 Å². The Kier molecular flexibility index (Phi) is 6.61. The molecule has 3 aromatic rings. The van der Waals surface area contributed by atoms with Gasteiger partial charge in [0.2, 0.25) is 0 Å². The number of nitrogens with zero attached hydrogens (tertiary/aromatic N) is 1. The molecule has 0 spiro atoms. The first-order valence-electron chi connectivity index (χ1n) is 8.74. The number of rotatable bonds is 7. The molecule has 1 unspecified atom stereocenters. The molecule has 2 nitrogen and oxygen atoms in total. The summed E-state index contributed by atoms with van der Waals surface area (Å²) in [7, 11) is 0. The van der Waals surface area contributed by atoms with Crippen LogP contribution in [0.4, 0.5) is 13.2 Å². The van der Waals surface area contributed by atoms with E-state index in [0.717, 1.165) is 46.0 Å². The van der Waals surface area contributed by atoms with Gasteiger partial charge in [-0.2, -0.15) is 13.2 Å². The average Bonchev–Trinajstić information content (AvgIpc) is 3.04. The molecule has 1 N–H and O–H groups in total. The zero-order chi connectivity index (χ0) is 19.4. The van der Waals surface area contributed by atoms with Crippen molar-refractivity contribution in [3.8, 4) is 11.3 Å². The van der Waals surface area contributed by atoms with Crippen molar-refractivity contribution in [2.75, 3.05) is 6.61 Å². The molecule has 3 rings (SSSR count). The zero-order valence-electron chi connectivity index (χ0n) is 15.0. The summed E-state index contributed by atoms with van der Waals surface area (Å²) in [5.41, 5.74) is 4.35. The van der Waals surface area contributed by atoms with Crippen molar-refractivity contribution >= 4 is 36.3 Å². The summed E-state index contributed by atoms with van der Waals surface area (Å²) < 4.78 is 43.7. The molecule has 27 heavy (non-hydrogen) atoms. The van der Waals surface area contributed by atoms with Crippen LogP contribution in [0.25, 0.3) is 21.3 Å². The van der Waals surface area contributed by atoms with Crippen LogP contribution in [0.5, 0.6) is 0 Å². The van der Waals surface area contributed by atoms with Crippen molar-refractivity contribution < 1.29 is 18.3 Å². The molecule has 0 saturated heterocycles. The van der Waals surface area contributed by atoms with Crippen LogP contribution in [0.15, 0.2) is 42.5 Å². The Bertz CT molecular complexity index is 892. The molecule has 0 aliphatic carbocycles. The molecule has 0 aliphatic heterocycles. The minimum atomic E-state index is -4.32. The number of halogens is 3. The number of aliphatic hydroxyl groups excluding tert-OH is 1. The predicted octanol–water partition coefficient (Wildman–Crippen LogP) is 6.03. The zero-order valence-corrected chi connectivity index (χ0v) is 17.7. The van der Waals surface area contributed by atoms with Crippen LogP contribution in [-0.4, -0.2) is 30.7 Å². The van der Waals surface area contributed by atoms with Crippen molar-refractivity contribution in [3.63, 3.8) is 0 Å². The van der Waals surface area contributed by atoms with Gasteiger partial charge < -0.3 is 0 Å². The van der Waals surface area contributed by atoms with Crippen LogP contribution >= 0.6 is 11.5 Å². The van der Waals surface area contributed by atoms with Crippen LogP contribution in [0, 0.1) is 0 Å². The van der Waals surface area contributed by atoms with Gasteiger partial charge in [0.1, 0.15) is 0 Å². The molecule has 1 aromatic heterocycles. The van der Waals surface area contributed by atoms with Gasteiger partial charge in [-0.3, -0.25) is 0 Å². The third-order valence-electron chi connectivity index (χ3n) is 4.51. The fourth-order valence-corrected chi connectivity index (χ4v) is 6.51. The number of hydrogen-bond donors (Lipinski definition) is 1. The van der Waals surface area contributed by atoms with Gasteiger partial charge in [0.25, 0.3) is 0 Å². The van der Waals surface area contributed by atoms with E-state index in [-0.39, 0.29) is 0 Å². The second-order valence-corrected chi connectivity index (χ2v) is 12.8. The summed E-state index contributed by atoms with van der Waals surface area (Å²) in [5, 5.41) is 12.2. The molecule has 0 bridgehead atoms. The molecule has 2 aromatic carbocycles. The van der Waals surface area contributed by atoms with Crippen LogP contribution in [-0.2, 0) is 12.6 Å². The number of alkyl halides is 3. The molecule has 0 saturated carbocycles. The number of aliphatic hydroxyl groups is 1. The van der Waals surface area contributed by atoms with E-state index in [1.54, 1.807) is 0 Å². The molecule has 0 aliphatic rings. The Hall–Kier alpha value is -1.36. The Labute approximate surface area is 165 Å². The monoisotopic (exact) mass is 455 g/mol. The maximum absolute atomic E-state index is 12.7. The standard InChI is InChI=1S/C20H21AsF3NOS/c1-21(11-12-26)10-2-3-14-4-9-17-18(13-14)27-25-19(17)15-5-7-16(8-6-15)20(22,23)24/h4-9,13,26H,2-3,10-12H2,1H3. The van der Waals surface area contributed by atoms with Gasteiger partial charge in [-0.25, -0.2) is 0 Å². The number of aromatic nitrogens is 1. The van der Waals surface area contributed by atoms with E-state index >= 15 is 0 Å². The van der Waals surface area contributed by atoms with E-state index in [4.69, 9.17) is 5.11 Å². The molecule has 1 atom stereocenters. The van der Waals surface area contributed by atoms with Crippen LogP contribution in [0.1, 0.15) is 17.5 Å². The van der Waals surface area contributed by atoms with E-state index in [9.17, 15) is 13.2 Å². The van der Waals surface area contributed by atoms with Crippen LogP contribution < -0.4 is 0 Å². The molecule has 0 radical (unpaired) electrons. The number of aryl methyl sites for hydroxylation is 1. The molecule has 1 heterocycles. The Balaban J connectivity index is 1.74. The second-order valence-electron chi connectivity index (χ2n) is 6.57. The number of fused-ring (bicyclic) bond motifs is 1. The Morgan fingerprint density at radius 2 is 1.81 bits per heavy atom. The maximum atomic E-state index is 12.7. The molecule has 7 heteroatoms. The van der Waals surface area contributed by atoms with Gasteiger partial charge in [-0.05, 0) is 0 Å². The SMILES string of the molecule is C[As](CCO)CCCc1ccc2c(-c3ccc(C(F)(F)F)cc3)nsc2c1. The first-order chi connectivity index (χ1) is 12.9. The van der Waals surface area contributed by atoms with Crippen molar-refractivity contribution in [1.82, 2.24) is 4.37 Å². The topological polar surface area (TPSA) is 33.1 Å². The first-order valence-corrected chi connectivity index (χ1v) is 14.0. The summed E-state index contributed by atoms with van der Waals surface area (Å²) in [6.45, 7) is 0.302. The Morgan fingerprint density at radius 3 is 2.48 bits per heavy atom. The third-order valence-corrected chi connectivity index (χ3v) is 9.60. The van der Waals surface area contributed by atoms with Crippen molar-refractivity contribution in [2.45, 2.75) is 35.1 Å². The second kappa shape index (κ2) is 8.76. The minimum absolute atomic E-state index is 0.302. The van der Waals surface area contributed by atoms with Crippen LogP contribution in [0.3, 0.4) is 0 Å². The fraction of sp³-hybridized carbons (Fsp3) is 0.350. The van der Waals surface area contributed by atoms with Crippen LogP contribution in [0.2, 0.25) is 16.1 Å². The fourth-order valence-electron chi connectivity index (χ4n) is 3.00. The van der Waals surface area contributed by atoms with Gasteiger partial charge in [0, 0.05) is 0 Å². The summed E-state index contributed by atoms with van der Waals surface area (Å²) >= 11 is 0.533. The third kappa shape index (κ3) is 5.12. The molecular formula is C20H21AsF3NOS. The average molecular weight is 455 g/mol. The quantitative estimate of drug-likeness (QED) is 0.442. The normalized spacial score (nSPS) is 13.2. The van der Waals surface area contributed by atoms with Gasteiger partial charge >= 0.3 is 152 Å². The van der Waals surface area contributed by atoms with E-state index < -0.39 is 26.4 Å². The van der Waals surface area contributed by atoms with Gasteiger partial charge in [-0.1, -0.05) is 0 Å². The number of hydrogen-bond acceptors (Lipinski definition) is 3. The summed E-state index contributed by atoms with van der Waals surface area (Å²) in [6.07, 6.45) is -2.18. The van der Waals surface area contributed by atoms with Crippen molar-refractivity contribution in [3.05, 3.63) is 53.6 Å². The number of benzene rings is 2. The molecule has 144 valence electrons. The first kappa shape index (κ1) is 20.4. The molecule has 0 fully saturated rings. The van der Waals surface area contributed by atoms with E-state index in [1.807, 2.05) is 6.07 Å².